The first kappa shape index (κ1) is 30.1. The van der Waals surface area contributed by atoms with Gasteiger partial charge in [-0.15, -0.1) is 0 Å². The fraction of sp³-hybridized carbons (Fsp3) is 0.677. The highest BCUT2D eigenvalue weighted by Gasteiger charge is 2.04. The molecule has 0 radical (unpaired) electrons. The molecule has 0 N–H and O–H groups in total. The molecule has 0 aliphatic rings. The van der Waals surface area contributed by atoms with Crippen molar-refractivity contribution in [2.75, 3.05) is 26.4 Å². The SMILES string of the molecule is CCCCCCCCCCCCOc1ccc(-c2ncc(OCCOCCCCCCC)cn2)cc1. The van der Waals surface area contributed by atoms with E-state index in [1.165, 1.54) is 83.5 Å². The van der Waals surface area contributed by atoms with Crippen molar-refractivity contribution in [3.8, 4) is 22.9 Å². The Kier molecular flexibility index (Phi) is 17.5. The lowest BCUT2D eigenvalue weighted by Gasteiger charge is -2.08. The molecule has 5 nitrogen and oxygen atoms in total. The molecule has 202 valence electrons. The van der Waals surface area contributed by atoms with Gasteiger partial charge in [0.25, 0.3) is 0 Å². The van der Waals surface area contributed by atoms with Gasteiger partial charge in [0.05, 0.1) is 25.6 Å². The lowest BCUT2D eigenvalue weighted by atomic mass is 10.1. The molecule has 1 aromatic carbocycles. The Morgan fingerprint density at radius 1 is 0.500 bits per heavy atom. The van der Waals surface area contributed by atoms with Gasteiger partial charge in [-0.05, 0) is 37.1 Å². The fourth-order valence-electron chi connectivity index (χ4n) is 4.15. The van der Waals surface area contributed by atoms with Crippen LogP contribution < -0.4 is 9.47 Å². The Bertz CT molecular complexity index is 749. The maximum Gasteiger partial charge on any atom is 0.159 e. The minimum Gasteiger partial charge on any atom is -0.494 e. The number of nitrogens with zero attached hydrogens (tertiary/aromatic N) is 2. The third-order valence-corrected chi connectivity index (χ3v) is 6.40. The van der Waals surface area contributed by atoms with Crippen molar-refractivity contribution < 1.29 is 14.2 Å². The Balaban J connectivity index is 1.53. The molecule has 1 heterocycles. The van der Waals surface area contributed by atoms with Crippen molar-refractivity contribution in [1.29, 1.82) is 0 Å². The van der Waals surface area contributed by atoms with E-state index in [0.717, 1.165) is 37.4 Å². The summed E-state index contributed by atoms with van der Waals surface area (Å²) >= 11 is 0. The molecule has 0 spiro atoms. The fourth-order valence-corrected chi connectivity index (χ4v) is 4.15. The predicted octanol–water partition coefficient (Wildman–Crippen LogP) is 8.81. The van der Waals surface area contributed by atoms with E-state index in [1.807, 2.05) is 24.3 Å². The molecule has 0 atom stereocenters. The lowest BCUT2D eigenvalue weighted by molar-refractivity contribution is 0.0968. The zero-order valence-corrected chi connectivity index (χ0v) is 23.0. The van der Waals surface area contributed by atoms with Crippen molar-refractivity contribution >= 4 is 0 Å². The highest BCUT2D eigenvalue weighted by molar-refractivity contribution is 5.56. The van der Waals surface area contributed by atoms with E-state index in [0.29, 0.717) is 24.8 Å². The van der Waals surface area contributed by atoms with E-state index >= 15 is 0 Å². The number of unbranched alkanes of at least 4 members (excludes halogenated alkanes) is 13. The molecule has 36 heavy (non-hydrogen) atoms. The summed E-state index contributed by atoms with van der Waals surface area (Å²) in [5, 5.41) is 0. The van der Waals surface area contributed by atoms with Crippen LogP contribution in [0.1, 0.15) is 110 Å². The number of ether oxygens (including phenoxy) is 3. The molecule has 1 aromatic heterocycles. The summed E-state index contributed by atoms with van der Waals surface area (Å²) in [6, 6.07) is 8.02. The molecule has 0 saturated carbocycles. The minimum atomic E-state index is 0.517. The van der Waals surface area contributed by atoms with E-state index in [2.05, 4.69) is 23.8 Å². The minimum absolute atomic E-state index is 0.517. The summed E-state index contributed by atoms with van der Waals surface area (Å²) in [6.07, 6.45) is 23.1. The summed E-state index contributed by atoms with van der Waals surface area (Å²) in [4.78, 5) is 8.90. The molecule has 0 bridgehead atoms. The number of benzene rings is 1. The summed E-state index contributed by atoms with van der Waals surface area (Å²) in [7, 11) is 0. The van der Waals surface area contributed by atoms with Crippen LogP contribution in [0.4, 0.5) is 0 Å². The van der Waals surface area contributed by atoms with Crippen LogP contribution in [0.3, 0.4) is 0 Å². The molecule has 0 amide bonds. The van der Waals surface area contributed by atoms with Gasteiger partial charge in [-0.2, -0.15) is 0 Å². The average Bonchev–Trinajstić information content (AvgIpc) is 2.91. The molecule has 2 rings (SSSR count). The summed E-state index contributed by atoms with van der Waals surface area (Å²) < 4.78 is 17.2. The molecular formula is C31H50N2O3. The van der Waals surface area contributed by atoms with Crippen molar-refractivity contribution in [3.63, 3.8) is 0 Å². The molecule has 0 fully saturated rings. The van der Waals surface area contributed by atoms with E-state index in [1.54, 1.807) is 12.4 Å². The molecule has 2 aromatic rings. The summed E-state index contributed by atoms with van der Waals surface area (Å²) in [5.41, 5.74) is 0.972. The highest BCUT2D eigenvalue weighted by Crippen LogP contribution is 2.21. The van der Waals surface area contributed by atoms with Crippen LogP contribution in [0.5, 0.6) is 11.5 Å². The third-order valence-electron chi connectivity index (χ3n) is 6.40. The van der Waals surface area contributed by atoms with E-state index < -0.39 is 0 Å². The first-order valence-electron chi connectivity index (χ1n) is 14.6. The van der Waals surface area contributed by atoms with Crippen LogP contribution in [0.15, 0.2) is 36.7 Å². The van der Waals surface area contributed by atoms with Gasteiger partial charge in [0, 0.05) is 12.2 Å². The van der Waals surface area contributed by atoms with Gasteiger partial charge in [0.2, 0.25) is 0 Å². The van der Waals surface area contributed by atoms with Crippen molar-refractivity contribution in [3.05, 3.63) is 36.7 Å². The second-order valence-electron chi connectivity index (χ2n) is 9.67. The monoisotopic (exact) mass is 498 g/mol. The Morgan fingerprint density at radius 2 is 1.00 bits per heavy atom. The van der Waals surface area contributed by atoms with Gasteiger partial charge in [-0.3, -0.25) is 0 Å². The maximum atomic E-state index is 5.91. The standard InChI is InChI=1S/C31H50N2O3/c1-3-5-7-9-10-11-12-13-15-17-23-35-29-20-18-28(19-21-29)31-32-26-30(27-33-31)36-25-24-34-22-16-14-8-6-4-2/h18-21,26-27H,3-17,22-25H2,1-2H3. The summed E-state index contributed by atoms with van der Waals surface area (Å²) in [6.45, 7) is 7.20. The van der Waals surface area contributed by atoms with Gasteiger partial charge in [0.1, 0.15) is 12.4 Å². The Labute approximate surface area is 220 Å². The molecule has 0 aliphatic carbocycles. The van der Waals surface area contributed by atoms with Crippen LogP contribution in [0, 0.1) is 0 Å². The number of rotatable bonds is 23. The van der Waals surface area contributed by atoms with Crippen LogP contribution in [-0.4, -0.2) is 36.4 Å². The summed E-state index contributed by atoms with van der Waals surface area (Å²) in [5.74, 6) is 2.26. The van der Waals surface area contributed by atoms with Crippen molar-refractivity contribution in [2.45, 2.75) is 110 Å². The topological polar surface area (TPSA) is 53.5 Å². The number of hydrogen-bond donors (Lipinski definition) is 0. The molecule has 0 aliphatic heterocycles. The largest absolute Gasteiger partial charge is 0.494 e. The second-order valence-corrected chi connectivity index (χ2v) is 9.67. The Morgan fingerprint density at radius 3 is 1.58 bits per heavy atom. The maximum absolute atomic E-state index is 5.91. The van der Waals surface area contributed by atoms with Crippen LogP contribution >= 0.6 is 0 Å². The van der Waals surface area contributed by atoms with Gasteiger partial charge in [-0.1, -0.05) is 97.3 Å². The zero-order chi connectivity index (χ0) is 25.5. The van der Waals surface area contributed by atoms with E-state index in [9.17, 15) is 0 Å². The zero-order valence-electron chi connectivity index (χ0n) is 23.0. The lowest BCUT2D eigenvalue weighted by Crippen LogP contribution is -2.08. The van der Waals surface area contributed by atoms with Crippen LogP contribution in [0.2, 0.25) is 0 Å². The predicted molar refractivity (Wildman–Crippen MR) is 150 cm³/mol. The smallest absolute Gasteiger partial charge is 0.159 e. The second kappa shape index (κ2) is 21.0. The van der Waals surface area contributed by atoms with Gasteiger partial charge >= 0.3 is 0 Å². The normalized spacial score (nSPS) is 11.1. The first-order valence-corrected chi connectivity index (χ1v) is 14.6. The number of aromatic nitrogens is 2. The van der Waals surface area contributed by atoms with E-state index in [4.69, 9.17) is 14.2 Å². The first-order chi connectivity index (χ1) is 17.8. The number of hydrogen-bond acceptors (Lipinski definition) is 5. The van der Waals surface area contributed by atoms with Gasteiger partial charge < -0.3 is 14.2 Å². The van der Waals surface area contributed by atoms with Crippen LogP contribution in [0.25, 0.3) is 11.4 Å². The van der Waals surface area contributed by atoms with Crippen LogP contribution in [-0.2, 0) is 4.74 Å². The van der Waals surface area contributed by atoms with E-state index in [-0.39, 0.29) is 0 Å². The molecule has 0 unspecified atom stereocenters. The van der Waals surface area contributed by atoms with Crippen molar-refractivity contribution in [1.82, 2.24) is 9.97 Å². The quantitative estimate of drug-likeness (QED) is 0.143. The molecule has 5 heteroatoms. The van der Waals surface area contributed by atoms with Crippen molar-refractivity contribution in [2.24, 2.45) is 0 Å². The molecule has 0 saturated heterocycles. The third kappa shape index (κ3) is 14.4. The highest BCUT2D eigenvalue weighted by atomic mass is 16.5. The van der Waals surface area contributed by atoms with Gasteiger partial charge in [0.15, 0.2) is 11.6 Å². The Hall–Kier alpha value is -2.14. The van der Waals surface area contributed by atoms with Gasteiger partial charge in [-0.25, -0.2) is 9.97 Å². The average molecular weight is 499 g/mol. The molecular weight excluding hydrogens is 448 g/mol.